The molecule has 4 fully saturated rings. The summed E-state index contributed by atoms with van der Waals surface area (Å²) in [6.45, 7) is 2.07. The average Bonchev–Trinajstić information content (AvgIpc) is 3.26. The molecule has 0 N–H and O–H groups in total. The summed E-state index contributed by atoms with van der Waals surface area (Å²) in [5.41, 5.74) is 0. The molecule has 4 rings (SSSR count). The van der Waals surface area contributed by atoms with Gasteiger partial charge in [0.15, 0.2) is 4.51 Å². The number of fused-ring (bicyclic) bond motifs is 2. The summed E-state index contributed by atoms with van der Waals surface area (Å²) in [6.07, 6.45) is 5.47. The lowest BCUT2D eigenvalue weighted by Crippen LogP contribution is -2.48. The average molecular weight is 410 g/mol. The van der Waals surface area contributed by atoms with Gasteiger partial charge in [-0.3, -0.25) is 4.79 Å². The van der Waals surface area contributed by atoms with Gasteiger partial charge >= 0.3 is 5.97 Å². The van der Waals surface area contributed by atoms with Crippen LogP contribution in [0.15, 0.2) is 0 Å². The van der Waals surface area contributed by atoms with Gasteiger partial charge in [0.1, 0.15) is 4.32 Å². The van der Waals surface area contributed by atoms with Gasteiger partial charge in [-0.2, -0.15) is 0 Å². The number of esters is 1. The number of hydrogen-bond acceptors (Lipinski definition) is 4. The van der Waals surface area contributed by atoms with Gasteiger partial charge in [-0.15, -0.1) is 0 Å². The van der Waals surface area contributed by atoms with Crippen LogP contribution < -0.4 is 0 Å². The first-order valence-corrected chi connectivity index (χ1v) is 8.92. The van der Waals surface area contributed by atoms with E-state index < -0.39 is 8.83 Å². The summed E-state index contributed by atoms with van der Waals surface area (Å²) < 4.78 is 15.8. The lowest BCUT2D eigenvalue weighted by molar-refractivity contribution is -0.157. The van der Waals surface area contributed by atoms with E-state index >= 15 is 0 Å². The van der Waals surface area contributed by atoms with Crippen LogP contribution in [0.5, 0.6) is 0 Å². The summed E-state index contributed by atoms with van der Waals surface area (Å²) in [4.78, 5) is 12.7. The zero-order valence-corrected chi connectivity index (χ0v) is 14.5. The molecule has 20 heavy (non-hydrogen) atoms. The van der Waals surface area contributed by atoms with Gasteiger partial charge in [0.25, 0.3) is 0 Å². The second kappa shape index (κ2) is 4.43. The van der Waals surface area contributed by atoms with Crippen molar-refractivity contribution < 1.29 is 19.0 Å². The SMILES string of the molecule is CC1C2OC2CCC1(Br)C(=O)OC1(Br)CCC2OC2C1. The van der Waals surface area contributed by atoms with Crippen LogP contribution in [0.3, 0.4) is 0 Å². The number of epoxide rings is 2. The molecular weight excluding hydrogens is 392 g/mol. The van der Waals surface area contributed by atoms with Crippen LogP contribution in [0.4, 0.5) is 0 Å². The Morgan fingerprint density at radius 3 is 2.65 bits per heavy atom. The number of alkyl halides is 2. The van der Waals surface area contributed by atoms with E-state index in [9.17, 15) is 4.79 Å². The van der Waals surface area contributed by atoms with Crippen molar-refractivity contribution in [1.29, 1.82) is 0 Å². The molecule has 0 amide bonds. The number of ether oxygens (including phenoxy) is 3. The minimum atomic E-state index is -0.604. The van der Waals surface area contributed by atoms with Crippen LogP contribution in [-0.2, 0) is 19.0 Å². The topological polar surface area (TPSA) is 51.4 Å². The van der Waals surface area contributed by atoms with E-state index in [1.165, 1.54) is 0 Å². The van der Waals surface area contributed by atoms with Crippen molar-refractivity contribution in [3.63, 3.8) is 0 Å². The van der Waals surface area contributed by atoms with Crippen molar-refractivity contribution in [1.82, 2.24) is 0 Å². The summed E-state index contributed by atoms with van der Waals surface area (Å²) in [6, 6.07) is 0. The number of carbonyl (C=O) groups excluding carboxylic acids is 1. The van der Waals surface area contributed by atoms with Crippen LogP contribution in [0.1, 0.15) is 39.0 Å². The summed E-state index contributed by atoms with van der Waals surface area (Å²) in [7, 11) is 0. The Kier molecular flexibility index (Phi) is 3.10. The minimum absolute atomic E-state index is 0.151. The molecule has 0 radical (unpaired) electrons. The third-order valence-electron chi connectivity index (χ3n) is 5.24. The Labute approximate surface area is 135 Å². The van der Waals surface area contributed by atoms with Crippen LogP contribution >= 0.6 is 31.9 Å². The maximum absolute atomic E-state index is 12.7. The van der Waals surface area contributed by atoms with Crippen LogP contribution in [0.25, 0.3) is 0 Å². The lowest BCUT2D eigenvalue weighted by atomic mass is 9.80. The molecule has 0 aromatic carbocycles. The predicted molar refractivity (Wildman–Crippen MR) is 79.0 cm³/mol. The molecule has 2 saturated heterocycles. The van der Waals surface area contributed by atoms with Crippen molar-refractivity contribution in [3.8, 4) is 0 Å². The lowest BCUT2D eigenvalue weighted by Gasteiger charge is -2.37. The number of rotatable bonds is 2. The van der Waals surface area contributed by atoms with Gasteiger partial charge in [0, 0.05) is 18.8 Å². The molecule has 2 saturated carbocycles. The highest BCUT2D eigenvalue weighted by atomic mass is 79.9. The van der Waals surface area contributed by atoms with Crippen molar-refractivity contribution in [2.75, 3.05) is 0 Å². The van der Waals surface area contributed by atoms with E-state index in [1.807, 2.05) is 0 Å². The highest BCUT2D eigenvalue weighted by Gasteiger charge is 2.60. The standard InChI is InChI=1S/C14H18Br2O4/c1-7-11-9(19-11)3-5-14(7,16)12(17)20-13(15)4-2-8-10(6-13)18-8/h7-11H,2-6H2,1H3. The fourth-order valence-corrected chi connectivity index (χ4v) is 4.94. The molecule has 4 nitrogen and oxygen atoms in total. The minimum Gasteiger partial charge on any atom is -0.446 e. The van der Waals surface area contributed by atoms with Gasteiger partial charge < -0.3 is 14.2 Å². The molecule has 7 unspecified atom stereocenters. The summed E-state index contributed by atoms with van der Waals surface area (Å²) in [5, 5.41) is 0. The summed E-state index contributed by atoms with van der Waals surface area (Å²) >= 11 is 7.29. The quantitative estimate of drug-likeness (QED) is 0.399. The molecule has 0 spiro atoms. The molecule has 2 aliphatic heterocycles. The van der Waals surface area contributed by atoms with E-state index in [2.05, 4.69) is 38.8 Å². The number of carbonyl (C=O) groups is 1. The van der Waals surface area contributed by atoms with Gasteiger partial charge in [-0.1, -0.05) is 22.9 Å². The van der Waals surface area contributed by atoms with Crippen LogP contribution in [-0.4, -0.2) is 39.2 Å². The maximum atomic E-state index is 12.7. The number of hydrogen-bond donors (Lipinski definition) is 0. The van der Waals surface area contributed by atoms with Crippen molar-refractivity contribution in [2.45, 2.75) is 72.3 Å². The first kappa shape index (κ1) is 14.0. The second-order valence-electron chi connectivity index (χ2n) is 6.56. The zero-order chi connectivity index (χ0) is 14.1. The smallest absolute Gasteiger partial charge is 0.324 e. The molecule has 0 bridgehead atoms. The van der Waals surface area contributed by atoms with E-state index in [0.29, 0.717) is 12.2 Å². The zero-order valence-electron chi connectivity index (χ0n) is 11.3. The molecule has 112 valence electrons. The Hall–Kier alpha value is 0.350. The third-order valence-corrected chi connectivity index (χ3v) is 7.56. The van der Waals surface area contributed by atoms with E-state index in [-0.39, 0.29) is 24.1 Å². The van der Waals surface area contributed by atoms with E-state index in [4.69, 9.17) is 14.2 Å². The monoisotopic (exact) mass is 408 g/mol. The van der Waals surface area contributed by atoms with E-state index in [0.717, 1.165) is 32.1 Å². The third kappa shape index (κ3) is 2.18. The molecule has 0 aromatic heterocycles. The highest BCUT2D eigenvalue weighted by molar-refractivity contribution is 9.10. The van der Waals surface area contributed by atoms with Crippen molar-refractivity contribution in [3.05, 3.63) is 0 Å². The molecule has 7 atom stereocenters. The molecule has 2 aliphatic carbocycles. The molecular formula is C14H18Br2O4. The fourth-order valence-electron chi connectivity index (χ4n) is 3.67. The molecule has 2 heterocycles. The number of halogens is 2. The van der Waals surface area contributed by atoms with Gasteiger partial charge in [-0.05, 0) is 35.2 Å². The first-order chi connectivity index (χ1) is 9.41. The Balaban J connectivity index is 1.46. The second-order valence-corrected chi connectivity index (χ2v) is 9.42. The van der Waals surface area contributed by atoms with Gasteiger partial charge in [0.05, 0.1) is 24.4 Å². The van der Waals surface area contributed by atoms with E-state index in [1.54, 1.807) is 0 Å². The van der Waals surface area contributed by atoms with Crippen molar-refractivity contribution in [2.24, 2.45) is 5.92 Å². The van der Waals surface area contributed by atoms with Crippen molar-refractivity contribution >= 4 is 37.8 Å². The Morgan fingerprint density at radius 1 is 1.15 bits per heavy atom. The fraction of sp³-hybridized carbons (Fsp3) is 0.929. The Bertz CT molecular complexity index is 458. The predicted octanol–water partition coefficient (Wildman–Crippen LogP) is 2.90. The van der Waals surface area contributed by atoms with Crippen LogP contribution in [0, 0.1) is 5.92 Å². The molecule has 4 aliphatic rings. The normalized spacial score (nSPS) is 56.5. The first-order valence-electron chi connectivity index (χ1n) is 7.33. The largest absolute Gasteiger partial charge is 0.446 e. The Morgan fingerprint density at radius 2 is 1.90 bits per heavy atom. The molecule has 6 heteroatoms. The maximum Gasteiger partial charge on any atom is 0.324 e. The summed E-state index contributed by atoms with van der Waals surface area (Å²) in [5.74, 6) is -0.00621. The molecule has 0 aromatic rings. The van der Waals surface area contributed by atoms with Gasteiger partial charge in [0.2, 0.25) is 0 Å². The highest BCUT2D eigenvalue weighted by Crippen LogP contribution is 2.52. The van der Waals surface area contributed by atoms with Crippen LogP contribution in [0.2, 0.25) is 0 Å². The van der Waals surface area contributed by atoms with Gasteiger partial charge in [-0.25, -0.2) is 0 Å².